The third-order valence-corrected chi connectivity index (χ3v) is 10.9. The molecule has 10 aromatic rings. The summed E-state index contributed by atoms with van der Waals surface area (Å²) in [6, 6.07) is 70.3. The Morgan fingerprint density at radius 2 is 0.855 bits per heavy atom. The lowest BCUT2D eigenvalue weighted by Crippen LogP contribution is -2.01. The van der Waals surface area contributed by atoms with Gasteiger partial charge in [0, 0.05) is 16.3 Å². The molecule has 0 amide bonds. The van der Waals surface area contributed by atoms with Crippen LogP contribution in [0.2, 0.25) is 0 Å². The number of aromatic nitrogens is 1. The van der Waals surface area contributed by atoms with Crippen molar-refractivity contribution < 1.29 is 0 Å². The fraction of sp³-hybridized carbons (Fsp3) is 0. The molecule has 3 heteroatoms. The van der Waals surface area contributed by atoms with E-state index in [2.05, 4.69) is 162 Å². The van der Waals surface area contributed by atoms with E-state index in [0.717, 1.165) is 55.3 Å². The van der Waals surface area contributed by atoms with E-state index in [1.54, 1.807) is 0 Å². The van der Waals surface area contributed by atoms with Crippen molar-refractivity contribution >= 4 is 43.4 Å². The third kappa shape index (κ3) is 5.11. The molecule has 0 bridgehead atoms. The number of rotatable bonds is 5. The zero-order chi connectivity index (χ0) is 36.9. The second-order valence-electron chi connectivity index (χ2n) is 13.8. The molecule has 9 aromatic carbocycles. The molecular weight excluding hydrogens is 667 g/mol. The zero-order valence-corrected chi connectivity index (χ0v) is 29.7. The zero-order valence-electron chi connectivity index (χ0n) is 29.7. The SMILES string of the molecule is N#Cc1ccc2c(c1)c1ccccc1n2-c1c(C#N)cccc1-c1ccccc1-c1ccc(-c2c3ccccc3c(-c3ccccc3)c3ccccc23)cc1. The van der Waals surface area contributed by atoms with Crippen LogP contribution >= 0.6 is 0 Å². The highest BCUT2D eigenvalue weighted by molar-refractivity contribution is 6.21. The Balaban J connectivity index is 1.16. The van der Waals surface area contributed by atoms with Gasteiger partial charge in [-0.15, -0.1) is 0 Å². The molecule has 55 heavy (non-hydrogen) atoms. The Labute approximate surface area is 318 Å². The quantitative estimate of drug-likeness (QED) is 0.168. The van der Waals surface area contributed by atoms with Crippen molar-refractivity contribution in [1.29, 1.82) is 10.5 Å². The number of nitriles is 2. The van der Waals surface area contributed by atoms with Crippen LogP contribution in [0, 0.1) is 22.7 Å². The van der Waals surface area contributed by atoms with Gasteiger partial charge in [0.05, 0.1) is 33.9 Å². The molecule has 0 radical (unpaired) electrons. The Hall–Kier alpha value is -7.72. The number of para-hydroxylation sites is 2. The van der Waals surface area contributed by atoms with Crippen molar-refractivity contribution in [3.05, 3.63) is 199 Å². The second-order valence-corrected chi connectivity index (χ2v) is 13.8. The van der Waals surface area contributed by atoms with Crippen molar-refractivity contribution in [2.75, 3.05) is 0 Å². The van der Waals surface area contributed by atoms with Crippen LogP contribution in [0.3, 0.4) is 0 Å². The molecule has 0 aliphatic heterocycles. The minimum atomic E-state index is 0.576. The molecule has 0 atom stereocenters. The van der Waals surface area contributed by atoms with Gasteiger partial charge in [-0.25, -0.2) is 0 Å². The molecule has 0 aliphatic carbocycles. The molecule has 0 fully saturated rings. The van der Waals surface area contributed by atoms with E-state index in [4.69, 9.17) is 0 Å². The topological polar surface area (TPSA) is 52.5 Å². The fourth-order valence-corrected chi connectivity index (χ4v) is 8.52. The van der Waals surface area contributed by atoms with E-state index in [9.17, 15) is 10.5 Å². The van der Waals surface area contributed by atoms with Gasteiger partial charge in [0.1, 0.15) is 6.07 Å². The monoisotopic (exact) mass is 697 g/mol. The maximum atomic E-state index is 10.6. The molecule has 0 spiro atoms. The standard InChI is InChI=1S/C52H31N3/c53-32-34-25-30-49-47(31-34)41-18-10-11-24-48(41)55(49)52-38(33-54)15-12-23-46(52)40-17-5-4-16-39(40)35-26-28-37(29-27-35)51-44-21-8-6-19-42(44)50(36-13-2-1-3-14-36)43-20-7-9-22-45(43)51/h1-31H. The highest BCUT2D eigenvalue weighted by Crippen LogP contribution is 2.45. The van der Waals surface area contributed by atoms with E-state index in [0.29, 0.717) is 11.1 Å². The molecule has 1 heterocycles. The first-order chi connectivity index (χ1) is 27.2. The largest absolute Gasteiger partial charge is 0.307 e. The highest BCUT2D eigenvalue weighted by Gasteiger charge is 2.21. The fourth-order valence-electron chi connectivity index (χ4n) is 8.52. The van der Waals surface area contributed by atoms with E-state index >= 15 is 0 Å². The first kappa shape index (κ1) is 32.0. The van der Waals surface area contributed by atoms with Crippen LogP contribution < -0.4 is 0 Å². The van der Waals surface area contributed by atoms with Crippen molar-refractivity contribution in [2.45, 2.75) is 0 Å². The molecule has 10 rings (SSSR count). The van der Waals surface area contributed by atoms with Gasteiger partial charge in [0.2, 0.25) is 0 Å². The summed E-state index contributed by atoms with van der Waals surface area (Å²) in [5.41, 5.74) is 12.9. The molecule has 0 N–H and O–H groups in total. The molecule has 0 unspecified atom stereocenters. The molecule has 0 saturated carbocycles. The maximum absolute atomic E-state index is 10.6. The molecule has 0 aliphatic rings. The van der Waals surface area contributed by atoms with Crippen molar-refractivity contribution in [1.82, 2.24) is 4.57 Å². The molecule has 1 aromatic heterocycles. The Kier molecular flexibility index (Phi) is 7.58. The first-order valence-corrected chi connectivity index (χ1v) is 18.4. The number of benzene rings is 9. The van der Waals surface area contributed by atoms with Gasteiger partial charge in [0.15, 0.2) is 0 Å². The average molecular weight is 698 g/mol. The summed E-state index contributed by atoms with van der Waals surface area (Å²) in [6.45, 7) is 0. The van der Waals surface area contributed by atoms with Gasteiger partial charge in [-0.1, -0.05) is 158 Å². The van der Waals surface area contributed by atoms with Gasteiger partial charge in [-0.3, -0.25) is 0 Å². The molecule has 0 saturated heterocycles. The van der Waals surface area contributed by atoms with Crippen LogP contribution in [-0.4, -0.2) is 4.57 Å². The summed E-state index contributed by atoms with van der Waals surface area (Å²) in [7, 11) is 0. The predicted octanol–water partition coefficient (Wildman–Crippen LogP) is 13.5. The minimum Gasteiger partial charge on any atom is -0.307 e. The van der Waals surface area contributed by atoms with Crippen LogP contribution in [0.25, 0.3) is 93.5 Å². The normalized spacial score (nSPS) is 11.2. The molecule has 254 valence electrons. The summed E-state index contributed by atoms with van der Waals surface area (Å²) in [5, 5.41) is 27.2. The number of hydrogen-bond donors (Lipinski definition) is 0. The number of fused-ring (bicyclic) bond motifs is 5. The smallest absolute Gasteiger partial charge is 0.101 e. The van der Waals surface area contributed by atoms with E-state index in [-0.39, 0.29) is 0 Å². The minimum absolute atomic E-state index is 0.576. The predicted molar refractivity (Wildman–Crippen MR) is 227 cm³/mol. The van der Waals surface area contributed by atoms with E-state index < -0.39 is 0 Å². The number of hydrogen-bond acceptors (Lipinski definition) is 2. The molecule has 3 nitrogen and oxygen atoms in total. The summed E-state index contributed by atoms with van der Waals surface area (Å²) in [6.07, 6.45) is 0. The Morgan fingerprint density at radius 3 is 1.49 bits per heavy atom. The summed E-state index contributed by atoms with van der Waals surface area (Å²) in [5.74, 6) is 0. The van der Waals surface area contributed by atoms with E-state index in [1.807, 2.05) is 42.5 Å². The number of nitrogens with zero attached hydrogens (tertiary/aromatic N) is 3. The highest BCUT2D eigenvalue weighted by atomic mass is 15.0. The summed E-state index contributed by atoms with van der Waals surface area (Å²) in [4.78, 5) is 0. The van der Waals surface area contributed by atoms with Crippen LogP contribution in [0.5, 0.6) is 0 Å². The average Bonchev–Trinajstić information content (AvgIpc) is 3.58. The van der Waals surface area contributed by atoms with Crippen molar-refractivity contribution in [3.8, 4) is 62.3 Å². The van der Waals surface area contributed by atoms with Gasteiger partial charge in [-0.05, 0) is 90.8 Å². The van der Waals surface area contributed by atoms with Crippen molar-refractivity contribution in [2.24, 2.45) is 0 Å². The lowest BCUT2D eigenvalue weighted by Gasteiger charge is -2.19. The van der Waals surface area contributed by atoms with Crippen LogP contribution in [0.1, 0.15) is 11.1 Å². The third-order valence-electron chi connectivity index (χ3n) is 10.9. The summed E-state index contributed by atoms with van der Waals surface area (Å²) < 4.78 is 2.19. The first-order valence-electron chi connectivity index (χ1n) is 18.4. The summed E-state index contributed by atoms with van der Waals surface area (Å²) >= 11 is 0. The van der Waals surface area contributed by atoms with E-state index in [1.165, 1.54) is 38.2 Å². The van der Waals surface area contributed by atoms with Gasteiger partial charge in [0.25, 0.3) is 0 Å². The van der Waals surface area contributed by atoms with Crippen molar-refractivity contribution in [3.63, 3.8) is 0 Å². The van der Waals surface area contributed by atoms with Crippen LogP contribution in [-0.2, 0) is 0 Å². The lowest BCUT2D eigenvalue weighted by atomic mass is 9.85. The molecular formula is C52H31N3. The van der Waals surface area contributed by atoms with Gasteiger partial charge in [-0.2, -0.15) is 10.5 Å². The Bertz CT molecular complexity index is 3150. The van der Waals surface area contributed by atoms with Crippen LogP contribution in [0.15, 0.2) is 188 Å². The second kappa shape index (κ2) is 13.0. The maximum Gasteiger partial charge on any atom is 0.101 e. The Morgan fingerprint density at radius 1 is 0.345 bits per heavy atom. The van der Waals surface area contributed by atoms with Gasteiger partial charge >= 0.3 is 0 Å². The lowest BCUT2D eigenvalue weighted by molar-refractivity contribution is 1.17. The van der Waals surface area contributed by atoms with Crippen LogP contribution in [0.4, 0.5) is 0 Å². The van der Waals surface area contributed by atoms with Gasteiger partial charge < -0.3 is 4.57 Å².